The monoisotopic (exact) mass is 410 g/mol. The molecule has 0 N–H and O–H groups in total. The van der Waals surface area contributed by atoms with Gasteiger partial charge in [-0.1, -0.05) is 72.6 Å². The van der Waals surface area contributed by atoms with Gasteiger partial charge in [0.05, 0.1) is 25.0 Å². The Morgan fingerprint density at radius 1 is 0.793 bits per heavy atom. The first kappa shape index (κ1) is 26.0. The van der Waals surface area contributed by atoms with Gasteiger partial charge < -0.3 is 9.47 Å². The van der Waals surface area contributed by atoms with Gasteiger partial charge in [0, 0.05) is 0 Å². The van der Waals surface area contributed by atoms with Crippen LogP contribution < -0.4 is 0 Å². The molecule has 0 aromatic heterocycles. The minimum Gasteiger partial charge on any atom is -0.465 e. The number of carbonyl (C=O) groups is 2. The molecule has 0 amide bonds. The van der Waals surface area contributed by atoms with Crippen molar-refractivity contribution in [1.82, 2.24) is 0 Å². The average Bonchev–Trinajstić information content (AvgIpc) is 2.72. The molecule has 0 saturated heterocycles. The van der Waals surface area contributed by atoms with Gasteiger partial charge in [0.25, 0.3) is 0 Å². The molecule has 0 radical (unpaired) electrons. The Bertz CT molecular complexity index is 438. The molecule has 170 valence electrons. The molecule has 0 aliphatic heterocycles. The van der Waals surface area contributed by atoms with Crippen molar-refractivity contribution in [2.75, 3.05) is 13.2 Å². The molecule has 0 bridgehead atoms. The third-order valence-corrected chi connectivity index (χ3v) is 6.32. The summed E-state index contributed by atoms with van der Waals surface area (Å²) in [7, 11) is 0. The lowest BCUT2D eigenvalue weighted by atomic mass is 9.82. The van der Waals surface area contributed by atoms with E-state index in [2.05, 4.69) is 27.7 Å². The van der Waals surface area contributed by atoms with Gasteiger partial charge >= 0.3 is 11.9 Å². The van der Waals surface area contributed by atoms with Crippen molar-refractivity contribution < 1.29 is 19.1 Å². The van der Waals surface area contributed by atoms with Crippen molar-refractivity contribution in [2.45, 2.75) is 111 Å². The fraction of sp³-hybridized carbons (Fsp3) is 0.920. The zero-order valence-electron chi connectivity index (χ0n) is 19.5. The highest BCUT2D eigenvalue weighted by Crippen LogP contribution is 2.31. The van der Waals surface area contributed by atoms with Gasteiger partial charge in [-0.3, -0.25) is 9.59 Å². The van der Waals surface area contributed by atoms with Crippen molar-refractivity contribution in [3.05, 3.63) is 0 Å². The first-order valence-corrected chi connectivity index (χ1v) is 12.3. The third kappa shape index (κ3) is 11.6. The minimum absolute atomic E-state index is 0.0343. The van der Waals surface area contributed by atoms with E-state index in [1.165, 1.54) is 32.1 Å². The second kappa shape index (κ2) is 15.7. The van der Waals surface area contributed by atoms with Crippen molar-refractivity contribution in [2.24, 2.45) is 23.7 Å². The van der Waals surface area contributed by atoms with Crippen molar-refractivity contribution in [3.63, 3.8) is 0 Å². The van der Waals surface area contributed by atoms with E-state index in [0.717, 1.165) is 57.3 Å². The normalized spacial score (nSPS) is 20.4. The number of rotatable bonds is 15. The SMILES string of the molecule is CCCCC(CC)COC(=O)C1CCC(C(=O)OCCCCCCC(C)C)CC1. The maximum absolute atomic E-state index is 12.4. The van der Waals surface area contributed by atoms with Crippen molar-refractivity contribution in [1.29, 1.82) is 0 Å². The average molecular weight is 411 g/mol. The summed E-state index contributed by atoms with van der Waals surface area (Å²) in [4.78, 5) is 24.6. The zero-order valence-corrected chi connectivity index (χ0v) is 19.5. The second-order valence-corrected chi connectivity index (χ2v) is 9.36. The highest BCUT2D eigenvalue weighted by Gasteiger charge is 2.31. The molecule has 1 fully saturated rings. The molecule has 29 heavy (non-hydrogen) atoms. The van der Waals surface area contributed by atoms with Gasteiger partial charge in [0.1, 0.15) is 0 Å². The van der Waals surface area contributed by atoms with Gasteiger partial charge in [0.15, 0.2) is 0 Å². The summed E-state index contributed by atoms with van der Waals surface area (Å²) in [5.41, 5.74) is 0. The smallest absolute Gasteiger partial charge is 0.308 e. The number of hydrogen-bond donors (Lipinski definition) is 0. The minimum atomic E-state index is -0.0652. The number of hydrogen-bond acceptors (Lipinski definition) is 4. The Morgan fingerprint density at radius 3 is 1.93 bits per heavy atom. The molecular weight excluding hydrogens is 364 g/mol. The lowest BCUT2D eigenvalue weighted by Crippen LogP contribution is -2.29. The highest BCUT2D eigenvalue weighted by molar-refractivity contribution is 5.75. The van der Waals surface area contributed by atoms with Gasteiger partial charge in [-0.25, -0.2) is 0 Å². The topological polar surface area (TPSA) is 52.6 Å². The highest BCUT2D eigenvalue weighted by atomic mass is 16.5. The largest absolute Gasteiger partial charge is 0.465 e. The number of carbonyl (C=O) groups excluding carboxylic acids is 2. The predicted molar refractivity (Wildman–Crippen MR) is 119 cm³/mol. The fourth-order valence-electron chi connectivity index (χ4n) is 4.08. The van der Waals surface area contributed by atoms with Crippen LogP contribution >= 0.6 is 0 Å². The standard InChI is InChI=1S/C25H46O4/c1-5-7-13-21(6-2)19-29-25(27)23-16-14-22(15-17-23)24(26)28-18-11-9-8-10-12-20(3)4/h20-23H,5-19H2,1-4H3. The van der Waals surface area contributed by atoms with Gasteiger partial charge in [-0.2, -0.15) is 0 Å². The lowest BCUT2D eigenvalue weighted by molar-refractivity contribution is -0.156. The molecule has 1 atom stereocenters. The summed E-state index contributed by atoms with van der Waals surface area (Å²) in [5, 5.41) is 0. The molecule has 1 rings (SSSR count). The molecule has 1 unspecified atom stereocenters. The molecule has 4 nitrogen and oxygen atoms in total. The maximum atomic E-state index is 12.4. The summed E-state index contributed by atoms with van der Waals surface area (Å²) < 4.78 is 11.1. The lowest BCUT2D eigenvalue weighted by Gasteiger charge is -2.26. The Morgan fingerprint density at radius 2 is 1.38 bits per heavy atom. The molecule has 1 aliphatic rings. The van der Waals surface area contributed by atoms with E-state index in [4.69, 9.17) is 9.47 Å². The quantitative estimate of drug-likeness (QED) is 0.222. The van der Waals surface area contributed by atoms with Crippen LogP contribution in [0.15, 0.2) is 0 Å². The summed E-state index contributed by atoms with van der Waals surface area (Å²) >= 11 is 0. The molecule has 0 aromatic carbocycles. The van der Waals surface area contributed by atoms with Crippen LogP contribution in [0.1, 0.15) is 111 Å². The Kier molecular flexibility index (Phi) is 14.1. The summed E-state index contributed by atoms with van der Waals surface area (Å²) in [6.45, 7) is 9.96. The molecule has 4 heteroatoms. The maximum Gasteiger partial charge on any atom is 0.308 e. The van der Waals surface area contributed by atoms with Crippen LogP contribution in [0.25, 0.3) is 0 Å². The zero-order chi connectivity index (χ0) is 21.5. The summed E-state index contributed by atoms with van der Waals surface area (Å²) in [6, 6.07) is 0. The first-order chi connectivity index (χ1) is 14.0. The van der Waals surface area contributed by atoms with E-state index in [9.17, 15) is 9.59 Å². The molecule has 1 aliphatic carbocycles. The van der Waals surface area contributed by atoms with Crippen LogP contribution in [0.5, 0.6) is 0 Å². The Labute approximate surface area is 179 Å². The van der Waals surface area contributed by atoms with E-state index in [-0.39, 0.29) is 23.8 Å². The van der Waals surface area contributed by atoms with E-state index in [0.29, 0.717) is 19.1 Å². The number of unbranched alkanes of at least 4 members (excludes halogenated alkanes) is 4. The third-order valence-electron chi connectivity index (χ3n) is 6.32. The van der Waals surface area contributed by atoms with Crippen LogP contribution in [-0.4, -0.2) is 25.2 Å². The summed E-state index contributed by atoms with van der Waals surface area (Å²) in [6.07, 6.45) is 13.4. The van der Waals surface area contributed by atoms with Crippen LogP contribution in [-0.2, 0) is 19.1 Å². The Balaban J connectivity index is 2.14. The number of ether oxygens (including phenoxy) is 2. The molecule has 0 spiro atoms. The van der Waals surface area contributed by atoms with E-state index in [1.54, 1.807) is 0 Å². The van der Waals surface area contributed by atoms with Crippen LogP contribution in [0.3, 0.4) is 0 Å². The predicted octanol–water partition coefficient (Wildman–Crippen LogP) is 6.70. The van der Waals surface area contributed by atoms with Crippen LogP contribution in [0.4, 0.5) is 0 Å². The van der Waals surface area contributed by atoms with Gasteiger partial charge in [-0.05, 0) is 50.4 Å². The molecule has 1 saturated carbocycles. The van der Waals surface area contributed by atoms with Crippen molar-refractivity contribution >= 4 is 11.9 Å². The molecule has 0 heterocycles. The van der Waals surface area contributed by atoms with Gasteiger partial charge in [0.2, 0.25) is 0 Å². The number of esters is 2. The second-order valence-electron chi connectivity index (χ2n) is 9.36. The van der Waals surface area contributed by atoms with E-state index < -0.39 is 0 Å². The van der Waals surface area contributed by atoms with Crippen molar-refractivity contribution in [3.8, 4) is 0 Å². The van der Waals surface area contributed by atoms with Gasteiger partial charge in [-0.15, -0.1) is 0 Å². The fourth-order valence-corrected chi connectivity index (χ4v) is 4.08. The summed E-state index contributed by atoms with van der Waals surface area (Å²) in [5.74, 6) is 1.05. The van der Waals surface area contributed by atoms with Crippen LogP contribution in [0.2, 0.25) is 0 Å². The Hall–Kier alpha value is -1.06. The van der Waals surface area contributed by atoms with Crippen LogP contribution in [0, 0.1) is 23.7 Å². The molecule has 0 aromatic rings. The molecular formula is C25H46O4. The van der Waals surface area contributed by atoms with E-state index in [1.807, 2.05) is 0 Å². The van der Waals surface area contributed by atoms with E-state index >= 15 is 0 Å². The first-order valence-electron chi connectivity index (χ1n) is 12.3.